The third-order valence-corrected chi connectivity index (χ3v) is 7.08. The molecule has 1 aromatic heterocycles. The van der Waals surface area contributed by atoms with Crippen LogP contribution in [0.25, 0.3) is 10.9 Å². The van der Waals surface area contributed by atoms with E-state index in [1.165, 1.54) is 53.1 Å². The van der Waals surface area contributed by atoms with Crippen LogP contribution < -0.4 is 5.32 Å². The maximum Gasteiger partial charge on any atom is 0.0792 e. The highest BCUT2D eigenvalue weighted by atomic mass is 35.5. The van der Waals surface area contributed by atoms with Crippen molar-refractivity contribution in [3.63, 3.8) is 0 Å². The van der Waals surface area contributed by atoms with Crippen LogP contribution in [0.4, 0.5) is 0 Å². The van der Waals surface area contributed by atoms with E-state index >= 15 is 0 Å². The normalized spacial score (nSPS) is 15.4. The predicted molar refractivity (Wildman–Crippen MR) is 122 cm³/mol. The molecule has 0 unspecified atom stereocenters. The Labute approximate surface area is 177 Å². The average Bonchev–Trinajstić information content (AvgIpc) is 3.00. The number of thioether (sulfide) groups is 1. The second-order valence-electron chi connectivity index (χ2n) is 7.47. The van der Waals surface area contributed by atoms with Crippen molar-refractivity contribution in [1.82, 2.24) is 14.8 Å². The number of aromatic nitrogens is 1. The van der Waals surface area contributed by atoms with Crippen molar-refractivity contribution >= 4 is 34.3 Å². The molecule has 3 nitrogen and oxygen atoms in total. The monoisotopic (exact) mass is 413 g/mol. The standard InChI is InChI=1S/C23H28ClN3S/c1-26-22-7-3-2-5-20(22)21(6-4-14-27-15-12-25-13-16-27)23(26)28-17-18-8-10-19(24)11-9-18/h2-3,5,7-11,25H,4,6,12-17H2,1H3. The maximum absolute atomic E-state index is 6.04. The molecule has 0 amide bonds. The van der Waals surface area contributed by atoms with Crippen LogP contribution in [0.5, 0.6) is 0 Å². The second kappa shape index (κ2) is 9.36. The summed E-state index contributed by atoms with van der Waals surface area (Å²) in [5.41, 5.74) is 4.15. The van der Waals surface area contributed by atoms with Crippen molar-refractivity contribution in [3.8, 4) is 0 Å². The topological polar surface area (TPSA) is 20.2 Å². The molecule has 0 atom stereocenters. The van der Waals surface area contributed by atoms with Gasteiger partial charge in [-0.3, -0.25) is 0 Å². The van der Waals surface area contributed by atoms with Gasteiger partial charge in [-0.1, -0.05) is 41.9 Å². The first-order chi connectivity index (χ1) is 13.7. The lowest BCUT2D eigenvalue weighted by atomic mass is 10.1. The van der Waals surface area contributed by atoms with E-state index in [1.54, 1.807) is 0 Å². The second-order valence-corrected chi connectivity index (χ2v) is 8.87. The highest BCUT2D eigenvalue weighted by Crippen LogP contribution is 2.35. The van der Waals surface area contributed by atoms with Gasteiger partial charge in [-0.05, 0) is 48.7 Å². The van der Waals surface area contributed by atoms with Crippen LogP contribution in [0, 0.1) is 0 Å². The molecule has 0 spiro atoms. The summed E-state index contributed by atoms with van der Waals surface area (Å²) < 4.78 is 2.37. The Kier molecular flexibility index (Phi) is 6.63. The molecule has 4 rings (SSSR count). The van der Waals surface area contributed by atoms with Crippen molar-refractivity contribution < 1.29 is 0 Å². The number of rotatable bonds is 7. The number of nitrogens with one attached hydrogen (secondary N) is 1. The minimum atomic E-state index is 0.798. The van der Waals surface area contributed by atoms with Crippen molar-refractivity contribution in [2.45, 2.75) is 23.6 Å². The van der Waals surface area contributed by atoms with Crippen molar-refractivity contribution in [3.05, 3.63) is 64.7 Å². The fraction of sp³-hybridized carbons (Fsp3) is 0.391. The molecule has 0 aliphatic carbocycles. The fourth-order valence-electron chi connectivity index (χ4n) is 4.02. The molecule has 148 valence electrons. The zero-order chi connectivity index (χ0) is 19.3. The average molecular weight is 414 g/mol. The Bertz CT molecular complexity index is 913. The highest BCUT2D eigenvalue weighted by Gasteiger charge is 2.16. The Morgan fingerprint density at radius 1 is 1.04 bits per heavy atom. The van der Waals surface area contributed by atoms with Gasteiger partial charge >= 0.3 is 0 Å². The first-order valence-electron chi connectivity index (χ1n) is 10.1. The lowest BCUT2D eigenvalue weighted by molar-refractivity contribution is 0.238. The lowest BCUT2D eigenvalue weighted by Crippen LogP contribution is -2.43. The lowest BCUT2D eigenvalue weighted by Gasteiger charge is -2.27. The molecule has 3 aromatic rings. The zero-order valence-electron chi connectivity index (χ0n) is 16.5. The van der Waals surface area contributed by atoms with E-state index in [0.29, 0.717) is 0 Å². The molecule has 1 N–H and O–H groups in total. The zero-order valence-corrected chi connectivity index (χ0v) is 18.0. The number of hydrogen-bond acceptors (Lipinski definition) is 3. The number of para-hydroxylation sites is 1. The fourth-order valence-corrected chi connectivity index (χ4v) is 5.32. The molecule has 1 aliphatic rings. The minimum Gasteiger partial charge on any atom is -0.339 e. The molecule has 2 heterocycles. The van der Waals surface area contributed by atoms with Gasteiger partial charge in [0.1, 0.15) is 0 Å². The van der Waals surface area contributed by atoms with E-state index in [0.717, 1.165) is 30.3 Å². The maximum atomic E-state index is 6.04. The third kappa shape index (κ3) is 4.57. The van der Waals surface area contributed by atoms with E-state index in [-0.39, 0.29) is 0 Å². The van der Waals surface area contributed by atoms with E-state index in [9.17, 15) is 0 Å². The summed E-state index contributed by atoms with van der Waals surface area (Å²) in [4.78, 5) is 2.59. The quantitative estimate of drug-likeness (QED) is 0.552. The van der Waals surface area contributed by atoms with E-state index in [4.69, 9.17) is 11.6 Å². The smallest absolute Gasteiger partial charge is 0.0792 e. The third-order valence-electron chi connectivity index (χ3n) is 5.55. The van der Waals surface area contributed by atoms with Crippen LogP contribution >= 0.6 is 23.4 Å². The molecular weight excluding hydrogens is 386 g/mol. The van der Waals surface area contributed by atoms with E-state index < -0.39 is 0 Å². The number of hydrogen-bond donors (Lipinski definition) is 1. The summed E-state index contributed by atoms with van der Waals surface area (Å²) in [6.07, 6.45) is 2.34. The Morgan fingerprint density at radius 3 is 2.57 bits per heavy atom. The first kappa shape index (κ1) is 19.8. The Morgan fingerprint density at radius 2 is 1.79 bits per heavy atom. The van der Waals surface area contributed by atoms with Gasteiger partial charge in [-0.2, -0.15) is 0 Å². The number of piperazine rings is 1. The molecular formula is C23H28ClN3S. The summed E-state index contributed by atoms with van der Waals surface area (Å²) in [5.74, 6) is 0.964. The van der Waals surface area contributed by atoms with Gasteiger partial charge in [0.15, 0.2) is 0 Å². The summed E-state index contributed by atoms with van der Waals surface area (Å²) in [6.45, 7) is 5.78. The largest absolute Gasteiger partial charge is 0.339 e. The number of halogens is 1. The number of benzene rings is 2. The number of fused-ring (bicyclic) bond motifs is 1. The van der Waals surface area contributed by atoms with Crippen LogP contribution in [-0.4, -0.2) is 42.2 Å². The van der Waals surface area contributed by atoms with E-state index in [1.807, 2.05) is 23.9 Å². The number of nitrogens with zero attached hydrogens (tertiary/aromatic N) is 2. The van der Waals surface area contributed by atoms with Gasteiger partial charge in [-0.25, -0.2) is 0 Å². The van der Waals surface area contributed by atoms with Crippen molar-refractivity contribution in [1.29, 1.82) is 0 Å². The molecule has 1 fully saturated rings. The van der Waals surface area contributed by atoms with Gasteiger partial charge in [-0.15, -0.1) is 11.8 Å². The van der Waals surface area contributed by atoms with Gasteiger partial charge in [0.2, 0.25) is 0 Å². The van der Waals surface area contributed by atoms with Crippen LogP contribution in [-0.2, 0) is 19.2 Å². The SMILES string of the molecule is Cn1c(SCc2ccc(Cl)cc2)c(CCCN2CCNCC2)c2ccccc21. The van der Waals surface area contributed by atoms with Gasteiger partial charge < -0.3 is 14.8 Å². The highest BCUT2D eigenvalue weighted by molar-refractivity contribution is 7.98. The van der Waals surface area contributed by atoms with Crippen LogP contribution in [0.1, 0.15) is 17.5 Å². The molecule has 28 heavy (non-hydrogen) atoms. The Hall–Kier alpha value is -1.46. The Balaban J connectivity index is 1.51. The molecule has 0 saturated carbocycles. The van der Waals surface area contributed by atoms with Gasteiger partial charge in [0.05, 0.1) is 5.03 Å². The molecule has 0 radical (unpaired) electrons. The molecule has 0 bridgehead atoms. The summed E-state index contributed by atoms with van der Waals surface area (Å²) in [5, 5.41) is 7.04. The molecule has 1 saturated heterocycles. The van der Waals surface area contributed by atoms with Gasteiger partial charge in [0, 0.05) is 54.9 Å². The van der Waals surface area contributed by atoms with E-state index in [2.05, 4.69) is 58.2 Å². The van der Waals surface area contributed by atoms with Crippen LogP contribution in [0.3, 0.4) is 0 Å². The predicted octanol–water partition coefficient (Wildman–Crippen LogP) is 4.96. The van der Waals surface area contributed by atoms with Crippen LogP contribution in [0.2, 0.25) is 5.02 Å². The number of aryl methyl sites for hydroxylation is 2. The summed E-state index contributed by atoms with van der Waals surface area (Å²) in [7, 11) is 2.20. The summed E-state index contributed by atoms with van der Waals surface area (Å²) in [6, 6.07) is 17.0. The molecule has 1 aliphatic heterocycles. The van der Waals surface area contributed by atoms with Crippen molar-refractivity contribution in [2.75, 3.05) is 32.7 Å². The molecule has 5 heteroatoms. The first-order valence-corrected chi connectivity index (χ1v) is 11.5. The minimum absolute atomic E-state index is 0.798. The van der Waals surface area contributed by atoms with Crippen LogP contribution in [0.15, 0.2) is 53.6 Å². The van der Waals surface area contributed by atoms with Crippen molar-refractivity contribution in [2.24, 2.45) is 7.05 Å². The summed E-state index contributed by atoms with van der Waals surface area (Å²) >= 11 is 7.98. The molecule has 2 aromatic carbocycles. The van der Waals surface area contributed by atoms with Gasteiger partial charge in [0.25, 0.3) is 0 Å².